The number of nitrogens with zero attached hydrogens (tertiary/aromatic N) is 2. The zero-order valence-corrected chi connectivity index (χ0v) is 26.4. The average Bonchev–Trinajstić information content (AvgIpc) is 3.09. The number of para-hydroxylation sites is 1. The summed E-state index contributed by atoms with van der Waals surface area (Å²) in [5.74, 6) is -0.279. The van der Waals surface area contributed by atoms with Crippen molar-refractivity contribution in [1.29, 1.82) is 0 Å². The van der Waals surface area contributed by atoms with Crippen molar-refractivity contribution < 1.29 is 59.0 Å². The summed E-state index contributed by atoms with van der Waals surface area (Å²) in [6, 6.07) is 45.3. The van der Waals surface area contributed by atoms with E-state index in [9.17, 15) is 9.59 Å². The van der Waals surface area contributed by atoms with Crippen LogP contribution in [-0.2, 0) is 0 Å². The van der Waals surface area contributed by atoms with Gasteiger partial charge in [0.1, 0.15) is 0 Å². The standard InChI is InChI=1S/C24H18N2.C15H12O2.Eu/c1-3-8-18(9-4-1)20-15-16-25-24-21(20)13-14-23-22(24)12-7-17-26(23)19-10-5-2-6-11-19;16-14(12-7-3-1-4-8-12)11-15(17)13-9-5-2-6-10-13;/h1-16H,17H2;1-10H,11H2;. The summed E-state index contributed by atoms with van der Waals surface area (Å²) < 4.78 is 0. The van der Waals surface area contributed by atoms with Crippen molar-refractivity contribution in [2.75, 3.05) is 11.4 Å². The molecule has 215 valence electrons. The Balaban J connectivity index is 0.000000187. The van der Waals surface area contributed by atoms with Gasteiger partial charge in [-0.2, -0.15) is 0 Å². The molecule has 7 rings (SSSR count). The molecule has 1 aromatic heterocycles. The monoisotopic (exact) mass is 711 g/mol. The Morgan fingerprint density at radius 3 is 1.77 bits per heavy atom. The molecule has 0 spiro atoms. The zero-order valence-electron chi connectivity index (χ0n) is 24.0. The predicted octanol–water partition coefficient (Wildman–Crippen LogP) is 9.21. The van der Waals surface area contributed by atoms with E-state index in [0.717, 1.165) is 12.1 Å². The van der Waals surface area contributed by atoms with Crippen molar-refractivity contribution in [1.82, 2.24) is 4.98 Å². The Morgan fingerprint density at radius 1 is 0.636 bits per heavy atom. The van der Waals surface area contributed by atoms with Gasteiger partial charge in [-0.05, 0) is 35.4 Å². The minimum Gasteiger partial charge on any atom is -0.337 e. The summed E-state index contributed by atoms with van der Waals surface area (Å²) in [5, 5.41) is 1.19. The summed E-state index contributed by atoms with van der Waals surface area (Å²) in [7, 11) is 0. The first-order chi connectivity index (χ1) is 21.2. The number of benzene rings is 5. The molecule has 5 aromatic carbocycles. The normalized spacial score (nSPS) is 11.5. The van der Waals surface area contributed by atoms with Crippen LogP contribution < -0.4 is 4.90 Å². The zero-order chi connectivity index (χ0) is 29.4. The molecule has 6 aromatic rings. The van der Waals surface area contributed by atoms with E-state index in [1.54, 1.807) is 48.5 Å². The van der Waals surface area contributed by atoms with Crippen molar-refractivity contribution in [2.45, 2.75) is 6.42 Å². The fourth-order valence-corrected chi connectivity index (χ4v) is 5.32. The number of Topliss-reactive ketones (excluding diaryl/α,β-unsaturated/α-hetero) is 2. The first-order valence-corrected chi connectivity index (χ1v) is 14.3. The number of pyridine rings is 1. The van der Waals surface area contributed by atoms with E-state index in [2.05, 4.69) is 95.9 Å². The quantitative estimate of drug-likeness (QED) is 0.128. The van der Waals surface area contributed by atoms with Crippen LogP contribution in [0.2, 0.25) is 0 Å². The number of anilines is 2. The SMILES string of the molecule is C1=Cc2c(ccc3c(-c4ccccc4)ccnc23)N(c2ccccc2)C1.O=C(CC(=O)c1ccccc1)c1ccccc1.[Eu]. The van der Waals surface area contributed by atoms with Gasteiger partial charge in [-0.25, -0.2) is 0 Å². The molecule has 1 aliphatic rings. The minimum absolute atomic E-state index is 0. The van der Waals surface area contributed by atoms with Crippen LogP contribution >= 0.6 is 0 Å². The molecule has 0 amide bonds. The van der Waals surface area contributed by atoms with Gasteiger partial charge < -0.3 is 4.90 Å². The number of carbonyl (C=O) groups is 2. The van der Waals surface area contributed by atoms with Crippen molar-refractivity contribution in [2.24, 2.45) is 0 Å². The molecular formula is C39H30EuN2O2. The van der Waals surface area contributed by atoms with E-state index >= 15 is 0 Å². The molecule has 1 radical (unpaired) electrons. The molecule has 1 aliphatic heterocycles. The van der Waals surface area contributed by atoms with E-state index in [1.807, 2.05) is 18.3 Å². The number of aromatic nitrogens is 1. The summed E-state index contributed by atoms with van der Waals surface area (Å²) in [4.78, 5) is 30.7. The second-order valence-electron chi connectivity index (χ2n) is 10.2. The summed E-state index contributed by atoms with van der Waals surface area (Å²) in [6.45, 7) is 0.876. The topological polar surface area (TPSA) is 50.3 Å². The van der Waals surface area contributed by atoms with Gasteiger partial charge >= 0.3 is 0 Å². The molecule has 4 nitrogen and oxygen atoms in total. The molecule has 2 heterocycles. The van der Waals surface area contributed by atoms with E-state index in [-0.39, 0.29) is 67.4 Å². The minimum atomic E-state index is -0.139. The fourth-order valence-electron chi connectivity index (χ4n) is 5.32. The molecule has 0 atom stereocenters. The van der Waals surface area contributed by atoms with Crippen LogP contribution in [0.1, 0.15) is 32.7 Å². The summed E-state index contributed by atoms with van der Waals surface area (Å²) >= 11 is 0. The number of ketones is 2. The fraction of sp³-hybridized carbons (Fsp3) is 0.0513. The Morgan fingerprint density at radius 2 is 1.18 bits per heavy atom. The smallest absolute Gasteiger partial charge is 0.170 e. The van der Waals surface area contributed by atoms with Crippen LogP contribution in [0.25, 0.3) is 28.1 Å². The van der Waals surface area contributed by atoms with Crippen LogP contribution in [0.5, 0.6) is 0 Å². The van der Waals surface area contributed by atoms with Crippen LogP contribution in [0.4, 0.5) is 11.4 Å². The van der Waals surface area contributed by atoms with Gasteiger partial charge in [-0.15, -0.1) is 0 Å². The van der Waals surface area contributed by atoms with Gasteiger partial charge in [-0.3, -0.25) is 14.6 Å². The maximum atomic E-state index is 11.8. The van der Waals surface area contributed by atoms with Gasteiger partial charge in [0.05, 0.1) is 17.6 Å². The van der Waals surface area contributed by atoms with Gasteiger partial charge in [-0.1, -0.05) is 127 Å². The third kappa shape index (κ3) is 7.19. The molecule has 0 aliphatic carbocycles. The Labute approximate surface area is 298 Å². The van der Waals surface area contributed by atoms with Gasteiger partial charge in [0.15, 0.2) is 11.6 Å². The Bertz CT molecular complexity index is 1840. The molecule has 0 N–H and O–H groups in total. The maximum Gasteiger partial charge on any atom is 0.170 e. The van der Waals surface area contributed by atoms with E-state index in [1.165, 1.54) is 33.5 Å². The van der Waals surface area contributed by atoms with Crippen molar-refractivity contribution in [3.8, 4) is 11.1 Å². The second-order valence-corrected chi connectivity index (χ2v) is 10.2. The van der Waals surface area contributed by atoms with Crippen LogP contribution in [-0.4, -0.2) is 23.1 Å². The Hall–Kier alpha value is -4.03. The van der Waals surface area contributed by atoms with Gasteiger partial charge in [0, 0.05) is 89.9 Å². The third-order valence-electron chi connectivity index (χ3n) is 7.46. The number of hydrogen-bond acceptors (Lipinski definition) is 4. The van der Waals surface area contributed by atoms with Crippen molar-refractivity contribution in [3.05, 3.63) is 168 Å². The first-order valence-electron chi connectivity index (χ1n) is 14.3. The van der Waals surface area contributed by atoms with E-state index in [0.29, 0.717) is 11.1 Å². The summed E-state index contributed by atoms with van der Waals surface area (Å²) in [5.41, 5.74) is 8.27. The van der Waals surface area contributed by atoms with Gasteiger partial charge in [0.25, 0.3) is 0 Å². The largest absolute Gasteiger partial charge is 0.337 e. The summed E-state index contributed by atoms with van der Waals surface area (Å²) in [6.07, 6.45) is 6.26. The van der Waals surface area contributed by atoms with E-state index in [4.69, 9.17) is 4.98 Å². The van der Waals surface area contributed by atoms with Crippen LogP contribution in [0, 0.1) is 49.4 Å². The molecule has 0 fully saturated rings. The molecule has 5 heteroatoms. The molecule has 0 bridgehead atoms. The molecular weight excluding hydrogens is 680 g/mol. The second kappa shape index (κ2) is 15.1. The number of fused-ring (bicyclic) bond motifs is 3. The number of carbonyl (C=O) groups excluding carboxylic acids is 2. The van der Waals surface area contributed by atoms with Crippen molar-refractivity contribution >= 4 is 39.9 Å². The maximum absolute atomic E-state index is 11.8. The molecule has 0 unspecified atom stereocenters. The van der Waals surface area contributed by atoms with Crippen LogP contribution in [0.3, 0.4) is 0 Å². The number of hydrogen-bond donors (Lipinski definition) is 0. The predicted molar refractivity (Wildman–Crippen MR) is 176 cm³/mol. The number of rotatable bonds is 6. The van der Waals surface area contributed by atoms with Crippen LogP contribution in [0.15, 0.2) is 152 Å². The molecule has 0 saturated carbocycles. The average molecular weight is 711 g/mol. The van der Waals surface area contributed by atoms with Gasteiger partial charge in [0.2, 0.25) is 0 Å². The third-order valence-corrected chi connectivity index (χ3v) is 7.46. The Kier molecular flexibility index (Phi) is 10.8. The van der Waals surface area contributed by atoms with E-state index < -0.39 is 0 Å². The first kappa shape index (κ1) is 31.4. The molecule has 44 heavy (non-hydrogen) atoms. The van der Waals surface area contributed by atoms with Crippen molar-refractivity contribution in [3.63, 3.8) is 0 Å². The molecule has 0 saturated heterocycles.